The van der Waals surface area contributed by atoms with Gasteiger partial charge < -0.3 is 10.6 Å². The average molecular weight is 405 g/mol. The van der Waals surface area contributed by atoms with E-state index in [0.717, 1.165) is 32.0 Å². The maximum absolute atomic E-state index is 4.52. The van der Waals surface area contributed by atoms with Gasteiger partial charge in [-0.05, 0) is 30.7 Å². The Labute approximate surface area is 142 Å². The molecule has 1 aliphatic carbocycles. The highest BCUT2D eigenvalue weighted by Gasteiger charge is 2.34. The third-order valence-corrected chi connectivity index (χ3v) is 5.46. The second kappa shape index (κ2) is 7.64. The average Bonchev–Trinajstić information content (AvgIpc) is 3.02. The van der Waals surface area contributed by atoms with Crippen molar-refractivity contribution in [3.05, 3.63) is 22.4 Å². The molecule has 112 valence electrons. The van der Waals surface area contributed by atoms with Crippen LogP contribution in [-0.2, 0) is 5.41 Å². The zero-order chi connectivity index (χ0) is 13.0. The van der Waals surface area contributed by atoms with Crippen molar-refractivity contribution in [2.75, 3.05) is 19.6 Å². The van der Waals surface area contributed by atoms with Crippen LogP contribution in [0.3, 0.4) is 0 Å². The minimum Gasteiger partial charge on any atom is -0.356 e. The molecule has 2 N–H and O–H groups in total. The highest BCUT2D eigenvalue weighted by Crippen LogP contribution is 2.41. The van der Waals surface area contributed by atoms with Gasteiger partial charge in [-0.15, -0.1) is 35.3 Å². The number of rotatable bonds is 3. The molecule has 0 saturated heterocycles. The summed E-state index contributed by atoms with van der Waals surface area (Å²) >= 11 is 1.91. The number of hydrogen-bond donors (Lipinski definition) is 2. The summed E-state index contributed by atoms with van der Waals surface area (Å²) in [7, 11) is 0. The molecule has 1 aromatic rings. The lowest BCUT2D eigenvalue weighted by atomic mass is 9.73. The molecule has 2 heterocycles. The Morgan fingerprint density at radius 1 is 1.25 bits per heavy atom. The molecule has 1 aromatic heterocycles. The van der Waals surface area contributed by atoms with E-state index in [4.69, 9.17) is 0 Å². The highest BCUT2D eigenvalue weighted by atomic mass is 127. The standard InChI is InChI=1S/C15H23N3S.HI/c1-2-7-15(8-3-1,13-6-4-11-19-13)12-18-14-16-9-5-10-17-14;/h4,6,11H,1-3,5,7-10,12H2,(H2,16,17,18);1H. The van der Waals surface area contributed by atoms with Crippen molar-refractivity contribution in [1.82, 2.24) is 10.6 Å². The van der Waals surface area contributed by atoms with E-state index in [9.17, 15) is 0 Å². The van der Waals surface area contributed by atoms with Crippen molar-refractivity contribution in [1.29, 1.82) is 0 Å². The molecule has 1 saturated carbocycles. The molecule has 3 nitrogen and oxygen atoms in total. The van der Waals surface area contributed by atoms with E-state index < -0.39 is 0 Å². The van der Waals surface area contributed by atoms with Crippen LogP contribution in [0.2, 0.25) is 0 Å². The third-order valence-electron chi connectivity index (χ3n) is 4.35. The van der Waals surface area contributed by atoms with Gasteiger partial charge in [0.1, 0.15) is 0 Å². The largest absolute Gasteiger partial charge is 0.356 e. The van der Waals surface area contributed by atoms with Crippen molar-refractivity contribution in [2.45, 2.75) is 43.9 Å². The molecule has 0 radical (unpaired) electrons. The third kappa shape index (κ3) is 3.67. The minimum absolute atomic E-state index is 0. The van der Waals surface area contributed by atoms with Crippen molar-refractivity contribution in [2.24, 2.45) is 4.99 Å². The molecular formula is C15H24IN3S. The summed E-state index contributed by atoms with van der Waals surface area (Å²) in [4.78, 5) is 6.08. The number of nitrogens with one attached hydrogen (secondary N) is 2. The van der Waals surface area contributed by atoms with Crippen LogP contribution in [0.1, 0.15) is 43.4 Å². The maximum atomic E-state index is 4.52. The minimum atomic E-state index is 0. The van der Waals surface area contributed by atoms with Crippen LogP contribution in [-0.4, -0.2) is 25.6 Å². The molecule has 0 aromatic carbocycles. The van der Waals surface area contributed by atoms with Crippen LogP contribution in [0.4, 0.5) is 0 Å². The van der Waals surface area contributed by atoms with Gasteiger partial charge in [0.25, 0.3) is 0 Å². The lowest BCUT2D eigenvalue weighted by Crippen LogP contribution is -2.47. The summed E-state index contributed by atoms with van der Waals surface area (Å²) in [5.74, 6) is 1.01. The Kier molecular flexibility index (Phi) is 6.14. The first-order valence-electron chi connectivity index (χ1n) is 7.45. The Hall–Kier alpha value is -0.300. The fraction of sp³-hybridized carbons (Fsp3) is 0.667. The van der Waals surface area contributed by atoms with Gasteiger partial charge in [0.2, 0.25) is 0 Å². The van der Waals surface area contributed by atoms with E-state index in [2.05, 4.69) is 33.1 Å². The summed E-state index contributed by atoms with van der Waals surface area (Å²) < 4.78 is 0. The molecule has 0 amide bonds. The van der Waals surface area contributed by atoms with Crippen molar-refractivity contribution < 1.29 is 0 Å². The molecule has 0 bridgehead atoms. The summed E-state index contributed by atoms with van der Waals surface area (Å²) in [6.45, 7) is 3.04. The zero-order valence-corrected chi connectivity index (χ0v) is 15.0. The van der Waals surface area contributed by atoms with Crippen LogP contribution >= 0.6 is 35.3 Å². The Morgan fingerprint density at radius 3 is 2.75 bits per heavy atom. The first-order chi connectivity index (χ1) is 9.39. The van der Waals surface area contributed by atoms with E-state index in [1.54, 1.807) is 4.88 Å². The van der Waals surface area contributed by atoms with Gasteiger partial charge in [-0.1, -0.05) is 25.3 Å². The van der Waals surface area contributed by atoms with Crippen LogP contribution in [0.25, 0.3) is 0 Å². The molecular weight excluding hydrogens is 381 g/mol. The number of halogens is 1. The van der Waals surface area contributed by atoms with Gasteiger partial charge in [0.05, 0.1) is 0 Å². The SMILES string of the molecule is I.c1csc(C2(CNC3=NCCCN3)CCCCC2)c1. The molecule has 1 fully saturated rings. The second-order valence-corrected chi connectivity index (χ2v) is 6.63. The molecule has 0 spiro atoms. The fourth-order valence-corrected chi connectivity index (χ4v) is 4.21. The van der Waals surface area contributed by atoms with Gasteiger partial charge in [-0.25, -0.2) is 0 Å². The number of hydrogen-bond acceptors (Lipinski definition) is 4. The van der Waals surface area contributed by atoms with Gasteiger partial charge in [-0.2, -0.15) is 0 Å². The van der Waals surface area contributed by atoms with Gasteiger partial charge in [-0.3, -0.25) is 4.99 Å². The molecule has 20 heavy (non-hydrogen) atoms. The van der Waals surface area contributed by atoms with E-state index in [1.165, 1.54) is 32.1 Å². The van der Waals surface area contributed by atoms with Crippen LogP contribution in [0.15, 0.2) is 22.5 Å². The normalized spacial score (nSPS) is 21.3. The van der Waals surface area contributed by atoms with E-state index in [-0.39, 0.29) is 24.0 Å². The first-order valence-corrected chi connectivity index (χ1v) is 8.33. The van der Waals surface area contributed by atoms with E-state index in [1.807, 2.05) is 11.3 Å². The van der Waals surface area contributed by atoms with Crippen LogP contribution < -0.4 is 10.6 Å². The number of aliphatic imine (C=N–C) groups is 1. The van der Waals surface area contributed by atoms with Crippen LogP contribution in [0, 0.1) is 0 Å². The van der Waals surface area contributed by atoms with Gasteiger partial charge >= 0.3 is 0 Å². The lowest BCUT2D eigenvalue weighted by Gasteiger charge is -2.37. The second-order valence-electron chi connectivity index (χ2n) is 5.68. The zero-order valence-electron chi connectivity index (χ0n) is 11.9. The van der Waals surface area contributed by atoms with Crippen molar-refractivity contribution >= 4 is 41.3 Å². The molecule has 0 unspecified atom stereocenters. The fourth-order valence-electron chi connectivity index (χ4n) is 3.22. The van der Waals surface area contributed by atoms with Crippen molar-refractivity contribution in [3.8, 4) is 0 Å². The molecule has 2 aliphatic rings. The molecule has 5 heteroatoms. The van der Waals surface area contributed by atoms with E-state index >= 15 is 0 Å². The summed E-state index contributed by atoms with van der Waals surface area (Å²) in [6.07, 6.45) is 7.90. The maximum Gasteiger partial charge on any atom is 0.191 e. The highest BCUT2D eigenvalue weighted by molar-refractivity contribution is 14.0. The molecule has 0 atom stereocenters. The summed E-state index contributed by atoms with van der Waals surface area (Å²) in [6, 6.07) is 4.50. The first kappa shape index (κ1) is 16.1. The number of nitrogens with zero attached hydrogens (tertiary/aromatic N) is 1. The van der Waals surface area contributed by atoms with Gasteiger partial charge in [0.15, 0.2) is 5.96 Å². The smallest absolute Gasteiger partial charge is 0.191 e. The molecule has 1 aliphatic heterocycles. The topological polar surface area (TPSA) is 36.4 Å². The Bertz CT molecular complexity index is 424. The van der Waals surface area contributed by atoms with E-state index in [0.29, 0.717) is 5.41 Å². The number of guanidine groups is 1. The monoisotopic (exact) mass is 405 g/mol. The molecule has 3 rings (SSSR count). The number of thiophene rings is 1. The Morgan fingerprint density at radius 2 is 2.10 bits per heavy atom. The summed E-state index contributed by atoms with van der Waals surface area (Å²) in [5.41, 5.74) is 0.341. The quantitative estimate of drug-likeness (QED) is 0.756. The Balaban J connectivity index is 0.00000147. The predicted octanol–water partition coefficient (Wildman–Crippen LogP) is 3.51. The predicted molar refractivity (Wildman–Crippen MR) is 97.4 cm³/mol. The van der Waals surface area contributed by atoms with Gasteiger partial charge in [0, 0.05) is 29.9 Å². The van der Waals surface area contributed by atoms with Crippen molar-refractivity contribution in [3.63, 3.8) is 0 Å². The summed E-state index contributed by atoms with van der Waals surface area (Å²) in [5, 5.41) is 9.14. The van der Waals surface area contributed by atoms with Crippen LogP contribution in [0.5, 0.6) is 0 Å². The lowest BCUT2D eigenvalue weighted by molar-refractivity contribution is 0.296.